The standard InChI is InChI=1S/C41H58N4O3S/c1-3-4-5-6-7-8-9-10-11-12-13-14-25-42(2)41(47)45-38-33-35(22-20-34(38)21-23-40(45)46)48-31-16-15-26-43-27-29-44(30-28-43)37-18-17-19-39-36(37)24-32-49-39/h17-24,32-33H,3-16,25-31H2,1-2H3. The number of aromatic nitrogens is 1. The summed E-state index contributed by atoms with van der Waals surface area (Å²) in [6, 6.07) is 17.6. The van der Waals surface area contributed by atoms with E-state index in [0.717, 1.165) is 63.8 Å². The van der Waals surface area contributed by atoms with Crippen LogP contribution in [0.25, 0.3) is 21.0 Å². The summed E-state index contributed by atoms with van der Waals surface area (Å²) in [6.07, 6.45) is 17.4. The average molecular weight is 687 g/mol. The number of anilines is 1. The number of thiophene rings is 1. The zero-order valence-electron chi connectivity index (χ0n) is 30.0. The molecule has 1 aliphatic rings. The van der Waals surface area contributed by atoms with E-state index in [1.807, 2.05) is 29.5 Å². The van der Waals surface area contributed by atoms with Crippen LogP contribution in [0.5, 0.6) is 5.75 Å². The van der Waals surface area contributed by atoms with E-state index in [1.165, 1.54) is 90.6 Å². The Bertz CT molecular complexity index is 1640. The monoisotopic (exact) mass is 686 g/mol. The van der Waals surface area contributed by atoms with Crippen LogP contribution in [0.4, 0.5) is 10.5 Å². The largest absolute Gasteiger partial charge is 0.494 e. The van der Waals surface area contributed by atoms with Gasteiger partial charge in [-0.25, -0.2) is 9.36 Å². The molecular weight excluding hydrogens is 629 g/mol. The third-order valence-electron chi connectivity index (χ3n) is 10.1. The second-order valence-electron chi connectivity index (χ2n) is 13.8. The number of benzene rings is 2. The number of nitrogens with zero attached hydrogens (tertiary/aromatic N) is 4. The molecule has 7 nitrogen and oxygen atoms in total. The van der Waals surface area contributed by atoms with Crippen LogP contribution in [-0.2, 0) is 0 Å². The molecule has 0 aliphatic carbocycles. The molecule has 1 saturated heterocycles. The predicted octanol–water partition coefficient (Wildman–Crippen LogP) is 9.80. The van der Waals surface area contributed by atoms with Crippen LogP contribution >= 0.6 is 11.3 Å². The molecular formula is C41H58N4O3S. The Kier molecular flexibility index (Phi) is 14.9. The van der Waals surface area contributed by atoms with E-state index in [0.29, 0.717) is 24.4 Å². The van der Waals surface area contributed by atoms with Crippen molar-refractivity contribution in [2.45, 2.75) is 96.8 Å². The van der Waals surface area contributed by atoms with Crippen LogP contribution < -0.4 is 15.2 Å². The molecule has 3 heterocycles. The molecule has 266 valence electrons. The van der Waals surface area contributed by atoms with Gasteiger partial charge < -0.3 is 14.5 Å². The summed E-state index contributed by atoms with van der Waals surface area (Å²) in [6.45, 7) is 8.84. The first-order valence-electron chi connectivity index (χ1n) is 19.0. The number of unbranched alkanes of at least 4 members (excludes halogenated alkanes) is 12. The zero-order chi connectivity index (χ0) is 34.3. The number of carbonyl (C=O) groups is 1. The number of piperazine rings is 1. The number of ether oxygens (including phenoxy) is 1. The van der Waals surface area contributed by atoms with Crippen molar-refractivity contribution in [2.75, 3.05) is 57.8 Å². The van der Waals surface area contributed by atoms with Crippen molar-refractivity contribution in [3.63, 3.8) is 0 Å². The van der Waals surface area contributed by atoms with Crippen molar-refractivity contribution >= 4 is 44.0 Å². The van der Waals surface area contributed by atoms with Crippen LogP contribution in [0.1, 0.15) is 96.8 Å². The second kappa shape index (κ2) is 19.7. The van der Waals surface area contributed by atoms with Crippen molar-refractivity contribution in [3.05, 3.63) is 70.3 Å². The minimum Gasteiger partial charge on any atom is -0.494 e. The van der Waals surface area contributed by atoms with Crippen LogP contribution in [0, 0.1) is 0 Å². The van der Waals surface area contributed by atoms with Gasteiger partial charge in [0, 0.05) is 67.7 Å². The van der Waals surface area contributed by atoms with Gasteiger partial charge in [-0.15, -0.1) is 11.3 Å². The first-order valence-corrected chi connectivity index (χ1v) is 19.9. The number of hydrogen-bond acceptors (Lipinski definition) is 6. The smallest absolute Gasteiger partial charge is 0.331 e. The van der Waals surface area contributed by atoms with Gasteiger partial charge in [-0.3, -0.25) is 9.69 Å². The molecule has 4 aromatic rings. The molecule has 1 aliphatic heterocycles. The lowest BCUT2D eigenvalue weighted by atomic mass is 10.1. The van der Waals surface area contributed by atoms with Crippen molar-refractivity contribution < 1.29 is 9.53 Å². The molecule has 0 unspecified atom stereocenters. The van der Waals surface area contributed by atoms with E-state index in [4.69, 9.17) is 4.74 Å². The zero-order valence-corrected chi connectivity index (χ0v) is 30.9. The molecule has 0 N–H and O–H groups in total. The average Bonchev–Trinajstić information content (AvgIpc) is 3.61. The van der Waals surface area contributed by atoms with Crippen molar-refractivity contribution in [1.29, 1.82) is 0 Å². The van der Waals surface area contributed by atoms with Gasteiger partial charge in [0.2, 0.25) is 0 Å². The molecule has 0 atom stereocenters. The molecule has 1 fully saturated rings. The van der Waals surface area contributed by atoms with E-state index in [-0.39, 0.29) is 11.6 Å². The number of amides is 1. The summed E-state index contributed by atoms with van der Waals surface area (Å²) in [4.78, 5) is 33.2. The van der Waals surface area contributed by atoms with Gasteiger partial charge in [0.25, 0.3) is 5.56 Å². The molecule has 1 amide bonds. The minimum atomic E-state index is -0.303. The van der Waals surface area contributed by atoms with Crippen LogP contribution in [0.2, 0.25) is 0 Å². The first-order chi connectivity index (χ1) is 24.0. The number of hydrogen-bond donors (Lipinski definition) is 0. The maximum atomic E-state index is 13.5. The van der Waals surface area contributed by atoms with Crippen LogP contribution in [0.15, 0.2) is 64.8 Å². The van der Waals surface area contributed by atoms with Crippen molar-refractivity contribution in [1.82, 2.24) is 14.4 Å². The van der Waals surface area contributed by atoms with Gasteiger partial charge >= 0.3 is 6.03 Å². The molecule has 0 bridgehead atoms. The summed E-state index contributed by atoms with van der Waals surface area (Å²) in [7, 11) is 1.80. The lowest BCUT2D eigenvalue weighted by molar-refractivity contribution is 0.209. The van der Waals surface area contributed by atoms with E-state index in [9.17, 15) is 9.59 Å². The van der Waals surface area contributed by atoms with E-state index < -0.39 is 0 Å². The molecule has 0 radical (unpaired) electrons. The van der Waals surface area contributed by atoms with Gasteiger partial charge in [-0.05, 0) is 73.0 Å². The predicted molar refractivity (Wildman–Crippen MR) is 208 cm³/mol. The van der Waals surface area contributed by atoms with Crippen molar-refractivity contribution in [2.24, 2.45) is 0 Å². The van der Waals surface area contributed by atoms with Gasteiger partial charge in [0.05, 0.1) is 12.1 Å². The van der Waals surface area contributed by atoms with E-state index >= 15 is 0 Å². The maximum absolute atomic E-state index is 13.5. The highest BCUT2D eigenvalue weighted by Crippen LogP contribution is 2.31. The normalized spacial score (nSPS) is 13.8. The Hall–Kier alpha value is -3.36. The Balaban J connectivity index is 1.00. The summed E-state index contributed by atoms with van der Waals surface area (Å²) in [5.74, 6) is 0.694. The number of pyridine rings is 1. The van der Waals surface area contributed by atoms with Crippen LogP contribution in [0.3, 0.4) is 0 Å². The fourth-order valence-electron chi connectivity index (χ4n) is 7.05. The van der Waals surface area contributed by atoms with Gasteiger partial charge in [0.1, 0.15) is 5.75 Å². The highest BCUT2D eigenvalue weighted by molar-refractivity contribution is 7.17. The molecule has 49 heavy (non-hydrogen) atoms. The Labute approximate surface area is 297 Å². The molecule has 2 aromatic heterocycles. The molecule has 8 heteroatoms. The summed E-state index contributed by atoms with van der Waals surface area (Å²) in [5, 5.41) is 4.41. The van der Waals surface area contributed by atoms with Gasteiger partial charge in [-0.1, -0.05) is 83.6 Å². The molecule has 0 spiro atoms. The Morgan fingerprint density at radius 1 is 0.796 bits per heavy atom. The number of fused-ring (bicyclic) bond motifs is 2. The molecule has 0 saturated carbocycles. The Morgan fingerprint density at radius 2 is 1.49 bits per heavy atom. The fourth-order valence-corrected chi connectivity index (χ4v) is 7.86. The second-order valence-corrected chi connectivity index (χ2v) is 14.8. The quantitative estimate of drug-likeness (QED) is 0.0867. The molecule has 5 rings (SSSR count). The Morgan fingerprint density at radius 3 is 2.22 bits per heavy atom. The topological polar surface area (TPSA) is 58.0 Å². The van der Waals surface area contributed by atoms with Crippen molar-refractivity contribution in [3.8, 4) is 5.75 Å². The van der Waals surface area contributed by atoms with E-state index in [1.54, 1.807) is 18.0 Å². The third-order valence-corrected chi connectivity index (χ3v) is 10.9. The molecule has 2 aromatic carbocycles. The third kappa shape index (κ3) is 10.8. The van der Waals surface area contributed by atoms with E-state index in [2.05, 4.69) is 46.4 Å². The lowest BCUT2D eigenvalue weighted by Crippen LogP contribution is -2.46. The van der Waals surface area contributed by atoms with Gasteiger partial charge in [0.15, 0.2) is 0 Å². The number of carbonyl (C=O) groups excluding carboxylic acids is 1. The lowest BCUT2D eigenvalue weighted by Gasteiger charge is -2.36. The fraction of sp³-hybridized carbons (Fsp3) is 0.561. The first kappa shape index (κ1) is 36.9. The minimum absolute atomic E-state index is 0.275. The van der Waals surface area contributed by atoms with Crippen LogP contribution in [-0.4, -0.2) is 73.3 Å². The summed E-state index contributed by atoms with van der Waals surface area (Å²) < 4.78 is 8.80. The SMILES string of the molecule is CCCCCCCCCCCCCCN(C)C(=O)n1c(=O)ccc2ccc(OCCCCN3CCN(c4cccc5sccc45)CC3)cc21. The highest BCUT2D eigenvalue weighted by atomic mass is 32.1. The highest BCUT2D eigenvalue weighted by Gasteiger charge is 2.19. The number of rotatable bonds is 20. The van der Waals surface area contributed by atoms with Gasteiger partial charge in [-0.2, -0.15) is 0 Å². The summed E-state index contributed by atoms with van der Waals surface area (Å²) >= 11 is 1.81. The summed E-state index contributed by atoms with van der Waals surface area (Å²) in [5.41, 5.74) is 1.66. The maximum Gasteiger partial charge on any atom is 0.331 e.